The van der Waals surface area contributed by atoms with Crippen LogP contribution in [0.2, 0.25) is 0 Å². The number of nitrogens with zero attached hydrogens (tertiary/aromatic N) is 5. The molecule has 0 aliphatic carbocycles. The molecule has 0 spiro atoms. The number of thioether (sulfide) groups is 1. The summed E-state index contributed by atoms with van der Waals surface area (Å²) >= 11 is 1.52. The van der Waals surface area contributed by atoms with Gasteiger partial charge in [-0.25, -0.2) is 4.98 Å². The van der Waals surface area contributed by atoms with Gasteiger partial charge in [-0.3, -0.25) is 20.1 Å². The van der Waals surface area contributed by atoms with Gasteiger partial charge in [0.25, 0.3) is 0 Å². The lowest BCUT2D eigenvalue weighted by molar-refractivity contribution is 0.969. The SMILES string of the molecule is Cc1cnc(CSc2n[nH]c(-c3cccnc3)n2)cn1. The van der Waals surface area contributed by atoms with Crippen LogP contribution in [0.5, 0.6) is 0 Å². The summed E-state index contributed by atoms with van der Waals surface area (Å²) in [6.07, 6.45) is 7.01. The normalized spacial score (nSPS) is 10.7. The average molecular weight is 284 g/mol. The minimum atomic E-state index is 0.686. The summed E-state index contributed by atoms with van der Waals surface area (Å²) in [5, 5.41) is 7.77. The van der Waals surface area contributed by atoms with E-state index in [1.165, 1.54) is 11.8 Å². The number of pyridine rings is 1. The number of aromatic amines is 1. The van der Waals surface area contributed by atoms with E-state index in [9.17, 15) is 0 Å². The number of rotatable bonds is 4. The van der Waals surface area contributed by atoms with E-state index in [2.05, 4.69) is 30.1 Å². The lowest BCUT2D eigenvalue weighted by Crippen LogP contribution is -1.90. The zero-order valence-corrected chi connectivity index (χ0v) is 11.6. The van der Waals surface area contributed by atoms with Crippen molar-refractivity contribution < 1.29 is 0 Å². The van der Waals surface area contributed by atoms with Crippen LogP contribution >= 0.6 is 11.8 Å². The zero-order chi connectivity index (χ0) is 13.8. The summed E-state index contributed by atoms with van der Waals surface area (Å²) in [4.78, 5) is 17.0. The van der Waals surface area contributed by atoms with Crippen molar-refractivity contribution in [3.8, 4) is 11.4 Å². The summed E-state index contributed by atoms with van der Waals surface area (Å²) in [7, 11) is 0. The Kier molecular flexibility index (Phi) is 3.69. The number of aryl methyl sites for hydroxylation is 1. The van der Waals surface area contributed by atoms with Crippen LogP contribution in [-0.4, -0.2) is 30.1 Å². The van der Waals surface area contributed by atoms with Crippen molar-refractivity contribution in [2.24, 2.45) is 0 Å². The van der Waals surface area contributed by atoms with Gasteiger partial charge < -0.3 is 0 Å². The number of nitrogens with one attached hydrogen (secondary N) is 1. The van der Waals surface area contributed by atoms with Gasteiger partial charge in [0, 0.05) is 36.1 Å². The molecule has 0 amide bonds. The molecule has 0 aliphatic rings. The predicted molar refractivity (Wildman–Crippen MR) is 75.9 cm³/mol. The first-order valence-electron chi connectivity index (χ1n) is 6.04. The third kappa shape index (κ3) is 3.00. The summed E-state index contributed by atoms with van der Waals surface area (Å²) < 4.78 is 0. The van der Waals surface area contributed by atoms with Crippen LogP contribution in [0, 0.1) is 6.92 Å². The van der Waals surface area contributed by atoms with Crippen molar-refractivity contribution >= 4 is 11.8 Å². The maximum absolute atomic E-state index is 4.42. The molecule has 3 heterocycles. The molecule has 20 heavy (non-hydrogen) atoms. The minimum absolute atomic E-state index is 0.686. The third-order valence-corrected chi connectivity index (χ3v) is 3.46. The van der Waals surface area contributed by atoms with Crippen LogP contribution in [0.3, 0.4) is 0 Å². The first-order chi connectivity index (χ1) is 9.81. The summed E-state index contributed by atoms with van der Waals surface area (Å²) in [5.74, 6) is 1.41. The molecule has 0 radical (unpaired) electrons. The topological polar surface area (TPSA) is 80.2 Å². The van der Waals surface area contributed by atoms with E-state index in [4.69, 9.17) is 0 Å². The van der Waals surface area contributed by atoms with Crippen LogP contribution in [0.15, 0.2) is 42.1 Å². The molecule has 100 valence electrons. The van der Waals surface area contributed by atoms with Gasteiger partial charge in [0.05, 0.1) is 11.4 Å². The van der Waals surface area contributed by atoms with E-state index < -0.39 is 0 Å². The second kappa shape index (κ2) is 5.79. The number of H-pyrrole nitrogens is 1. The van der Waals surface area contributed by atoms with Crippen molar-refractivity contribution in [2.45, 2.75) is 17.8 Å². The van der Waals surface area contributed by atoms with Gasteiger partial charge in [-0.1, -0.05) is 11.8 Å². The van der Waals surface area contributed by atoms with Crippen LogP contribution in [-0.2, 0) is 5.75 Å². The third-order valence-electron chi connectivity index (χ3n) is 2.58. The fourth-order valence-corrected chi connectivity index (χ4v) is 2.27. The molecule has 0 fully saturated rings. The molecule has 3 aromatic heterocycles. The van der Waals surface area contributed by atoms with Crippen molar-refractivity contribution in [3.05, 3.63) is 48.3 Å². The highest BCUT2D eigenvalue weighted by Crippen LogP contribution is 2.20. The maximum Gasteiger partial charge on any atom is 0.209 e. The molecule has 3 rings (SSSR count). The highest BCUT2D eigenvalue weighted by atomic mass is 32.2. The molecule has 0 aromatic carbocycles. The van der Waals surface area contributed by atoms with Gasteiger partial charge in [0.1, 0.15) is 0 Å². The molecule has 0 aliphatic heterocycles. The highest BCUT2D eigenvalue weighted by Gasteiger charge is 2.06. The summed E-state index contributed by atoms with van der Waals surface area (Å²) in [5.41, 5.74) is 2.74. The van der Waals surface area contributed by atoms with Gasteiger partial charge in [-0.05, 0) is 19.1 Å². The Bertz CT molecular complexity index is 680. The Morgan fingerprint density at radius 2 is 2.15 bits per heavy atom. The van der Waals surface area contributed by atoms with E-state index in [-0.39, 0.29) is 0 Å². The fourth-order valence-electron chi connectivity index (χ4n) is 1.58. The highest BCUT2D eigenvalue weighted by molar-refractivity contribution is 7.98. The van der Waals surface area contributed by atoms with Gasteiger partial charge in [-0.2, -0.15) is 0 Å². The van der Waals surface area contributed by atoms with E-state index in [1.807, 2.05) is 19.1 Å². The monoisotopic (exact) mass is 284 g/mol. The van der Waals surface area contributed by atoms with Gasteiger partial charge in [-0.15, -0.1) is 5.10 Å². The number of hydrogen-bond acceptors (Lipinski definition) is 6. The standard InChI is InChI=1S/C13H12N6S/c1-9-5-16-11(7-15-9)8-20-13-17-12(18-19-13)10-3-2-4-14-6-10/h2-7H,8H2,1H3,(H,17,18,19). The Hall–Kier alpha value is -2.28. The largest absolute Gasteiger partial charge is 0.264 e. The molecule has 0 bridgehead atoms. The minimum Gasteiger partial charge on any atom is -0.264 e. The van der Waals surface area contributed by atoms with Crippen molar-refractivity contribution in [3.63, 3.8) is 0 Å². The molecule has 7 heteroatoms. The fraction of sp³-hybridized carbons (Fsp3) is 0.154. The second-order valence-electron chi connectivity index (χ2n) is 4.15. The lowest BCUT2D eigenvalue weighted by atomic mass is 10.3. The van der Waals surface area contributed by atoms with Crippen LogP contribution in [0.25, 0.3) is 11.4 Å². The Labute approximate surface area is 120 Å². The van der Waals surface area contributed by atoms with Crippen molar-refractivity contribution in [2.75, 3.05) is 0 Å². The van der Waals surface area contributed by atoms with E-state index in [0.717, 1.165) is 22.8 Å². The molecular formula is C13H12N6S. The lowest BCUT2D eigenvalue weighted by Gasteiger charge is -1.97. The van der Waals surface area contributed by atoms with E-state index in [0.29, 0.717) is 10.9 Å². The first-order valence-corrected chi connectivity index (χ1v) is 7.03. The predicted octanol–water partition coefficient (Wildman–Crippen LogP) is 2.26. The summed E-state index contributed by atoms with van der Waals surface area (Å²) in [6, 6.07) is 3.81. The van der Waals surface area contributed by atoms with E-state index in [1.54, 1.807) is 24.8 Å². The Balaban J connectivity index is 1.67. The zero-order valence-electron chi connectivity index (χ0n) is 10.8. The molecule has 3 aromatic rings. The first kappa shape index (κ1) is 12.7. The smallest absolute Gasteiger partial charge is 0.209 e. The summed E-state index contributed by atoms with van der Waals surface area (Å²) in [6.45, 7) is 1.92. The van der Waals surface area contributed by atoms with Crippen LogP contribution < -0.4 is 0 Å². The van der Waals surface area contributed by atoms with Crippen molar-refractivity contribution in [1.82, 2.24) is 30.1 Å². The van der Waals surface area contributed by atoms with Gasteiger partial charge in [0.2, 0.25) is 5.16 Å². The average Bonchev–Trinajstić information content (AvgIpc) is 2.97. The molecule has 0 saturated heterocycles. The van der Waals surface area contributed by atoms with Gasteiger partial charge >= 0.3 is 0 Å². The van der Waals surface area contributed by atoms with Gasteiger partial charge in [0.15, 0.2) is 5.82 Å². The molecule has 0 saturated carbocycles. The van der Waals surface area contributed by atoms with Crippen LogP contribution in [0.1, 0.15) is 11.4 Å². The molecule has 0 atom stereocenters. The molecular weight excluding hydrogens is 272 g/mol. The number of aromatic nitrogens is 6. The Morgan fingerprint density at radius 3 is 2.90 bits per heavy atom. The number of hydrogen-bond donors (Lipinski definition) is 1. The second-order valence-corrected chi connectivity index (χ2v) is 5.09. The van der Waals surface area contributed by atoms with Crippen molar-refractivity contribution in [1.29, 1.82) is 0 Å². The molecule has 0 unspecified atom stereocenters. The molecule has 1 N–H and O–H groups in total. The maximum atomic E-state index is 4.42. The Morgan fingerprint density at radius 1 is 1.20 bits per heavy atom. The molecule has 6 nitrogen and oxygen atoms in total. The van der Waals surface area contributed by atoms with Crippen LogP contribution in [0.4, 0.5) is 0 Å². The van der Waals surface area contributed by atoms with E-state index >= 15 is 0 Å². The quantitative estimate of drug-likeness (QED) is 0.740.